The lowest BCUT2D eigenvalue weighted by Gasteiger charge is -2.03. The predicted molar refractivity (Wildman–Crippen MR) is 79.1 cm³/mol. The average Bonchev–Trinajstić information content (AvgIpc) is 2.61. The number of benzene rings is 1. The van der Waals surface area contributed by atoms with Crippen molar-refractivity contribution in [3.8, 4) is 0 Å². The van der Waals surface area contributed by atoms with Crippen LogP contribution >= 0.6 is 43.2 Å². The number of halogens is 2. The molecule has 0 aliphatic carbocycles. The van der Waals surface area contributed by atoms with Crippen LogP contribution in [0.25, 0.3) is 0 Å². The minimum atomic E-state index is 0.0834. The van der Waals surface area contributed by atoms with Crippen molar-refractivity contribution in [3.63, 3.8) is 0 Å². The van der Waals surface area contributed by atoms with E-state index in [9.17, 15) is 4.79 Å². The minimum absolute atomic E-state index is 0.0834. The van der Waals surface area contributed by atoms with Gasteiger partial charge in [0.25, 0.3) is 0 Å². The highest BCUT2D eigenvalue weighted by atomic mass is 79.9. The molecule has 0 N–H and O–H groups in total. The van der Waals surface area contributed by atoms with Gasteiger partial charge in [0.1, 0.15) is 0 Å². The second-order valence-corrected chi connectivity index (χ2v) is 7.30. The third kappa shape index (κ3) is 2.69. The predicted octanol–water partition coefficient (Wildman–Crippen LogP) is 5.12. The molecule has 1 aromatic carbocycles. The second kappa shape index (κ2) is 5.04. The Morgan fingerprint density at radius 1 is 1.18 bits per heavy atom. The van der Waals surface area contributed by atoms with Gasteiger partial charge in [0.15, 0.2) is 5.78 Å². The number of hydrogen-bond donors (Lipinski definition) is 0. The molecule has 1 aromatic heterocycles. The molecule has 0 unspecified atom stereocenters. The SMILES string of the molecule is Cc1cc(C(=O)c2cc(Br)sc2C)ccc1Br. The van der Waals surface area contributed by atoms with Gasteiger partial charge in [-0.1, -0.05) is 15.9 Å². The molecule has 0 fully saturated rings. The topological polar surface area (TPSA) is 17.1 Å². The fourth-order valence-electron chi connectivity index (χ4n) is 1.61. The van der Waals surface area contributed by atoms with Crippen LogP contribution in [-0.2, 0) is 0 Å². The summed E-state index contributed by atoms with van der Waals surface area (Å²) in [7, 11) is 0. The van der Waals surface area contributed by atoms with E-state index in [0.29, 0.717) is 0 Å². The Kier molecular flexibility index (Phi) is 3.85. The summed E-state index contributed by atoms with van der Waals surface area (Å²) in [5.74, 6) is 0.0834. The molecule has 0 atom stereocenters. The van der Waals surface area contributed by atoms with Crippen LogP contribution in [0.5, 0.6) is 0 Å². The standard InChI is InChI=1S/C13H10Br2OS/c1-7-5-9(3-4-11(7)14)13(16)10-6-12(15)17-8(10)2/h3-6H,1-2H3. The molecule has 0 aliphatic heterocycles. The third-order valence-electron chi connectivity index (χ3n) is 2.55. The molecule has 1 heterocycles. The zero-order chi connectivity index (χ0) is 12.6. The van der Waals surface area contributed by atoms with Crippen LogP contribution in [0, 0.1) is 13.8 Å². The lowest BCUT2D eigenvalue weighted by atomic mass is 10.0. The van der Waals surface area contributed by atoms with Gasteiger partial charge in [0.2, 0.25) is 0 Å². The maximum atomic E-state index is 12.3. The number of thiophene rings is 1. The van der Waals surface area contributed by atoms with Crippen LogP contribution in [-0.4, -0.2) is 5.78 Å². The van der Waals surface area contributed by atoms with E-state index in [1.165, 1.54) is 0 Å². The van der Waals surface area contributed by atoms with Crippen LogP contribution in [0.15, 0.2) is 32.5 Å². The first kappa shape index (κ1) is 13.0. The van der Waals surface area contributed by atoms with Crippen molar-refractivity contribution in [2.75, 3.05) is 0 Å². The van der Waals surface area contributed by atoms with E-state index < -0.39 is 0 Å². The summed E-state index contributed by atoms with van der Waals surface area (Å²) in [6.45, 7) is 3.95. The van der Waals surface area contributed by atoms with E-state index in [2.05, 4.69) is 31.9 Å². The first-order valence-corrected chi connectivity index (χ1v) is 7.46. The highest BCUT2D eigenvalue weighted by Crippen LogP contribution is 2.28. The maximum Gasteiger partial charge on any atom is 0.194 e. The van der Waals surface area contributed by atoms with Crippen LogP contribution in [0.2, 0.25) is 0 Å². The smallest absolute Gasteiger partial charge is 0.194 e. The molecule has 0 aliphatic rings. The van der Waals surface area contributed by atoms with E-state index in [0.717, 1.165) is 29.8 Å². The molecule has 2 aromatic rings. The molecule has 0 bridgehead atoms. The number of ketones is 1. The normalized spacial score (nSPS) is 10.6. The first-order valence-electron chi connectivity index (χ1n) is 5.06. The molecule has 0 spiro atoms. The van der Waals surface area contributed by atoms with Gasteiger partial charge in [-0.15, -0.1) is 11.3 Å². The quantitative estimate of drug-likeness (QED) is 0.667. The van der Waals surface area contributed by atoms with Crippen LogP contribution in [0.4, 0.5) is 0 Å². The first-order chi connectivity index (χ1) is 7.99. The van der Waals surface area contributed by atoms with E-state index >= 15 is 0 Å². The zero-order valence-corrected chi connectivity index (χ0v) is 13.4. The van der Waals surface area contributed by atoms with Gasteiger partial charge in [0, 0.05) is 20.5 Å². The fourth-order valence-corrected chi connectivity index (χ4v) is 3.55. The van der Waals surface area contributed by atoms with Crippen LogP contribution in [0.1, 0.15) is 26.4 Å². The van der Waals surface area contributed by atoms with Gasteiger partial charge in [0.05, 0.1) is 3.79 Å². The number of rotatable bonds is 2. The second-order valence-electron chi connectivity index (χ2n) is 3.81. The van der Waals surface area contributed by atoms with Crippen LogP contribution in [0.3, 0.4) is 0 Å². The summed E-state index contributed by atoms with van der Waals surface area (Å²) in [5, 5.41) is 0. The van der Waals surface area contributed by atoms with Gasteiger partial charge in [-0.05, 0) is 59.6 Å². The van der Waals surface area contributed by atoms with Crippen molar-refractivity contribution >= 4 is 49.0 Å². The van der Waals surface area contributed by atoms with Crippen molar-refractivity contribution in [1.29, 1.82) is 0 Å². The monoisotopic (exact) mass is 372 g/mol. The molecule has 88 valence electrons. The molecular formula is C13H10Br2OS. The fraction of sp³-hybridized carbons (Fsp3) is 0.154. The van der Waals surface area contributed by atoms with Crippen molar-refractivity contribution in [1.82, 2.24) is 0 Å². The Hall–Kier alpha value is -0.450. The molecular weight excluding hydrogens is 364 g/mol. The highest BCUT2D eigenvalue weighted by molar-refractivity contribution is 9.11. The number of carbonyl (C=O) groups excluding carboxylic acids is 1. The Morgan fingerprint density at radius 2 is 1.88 bits per heavy atom. The molecule has 1 nitrogen and oxygen atoms in total. The molecule has 0 saturated heterocycles. The van der Waals surface area contributed by atoms with E-state index in [4.69, 9.17) is 0 Å². The molecule has 17 heavy (non-hydrogen) atoms. The Balaban J connectivity index is 2.44. The summed E-state index contributed by atoms with van der Waals surface area (Å²) in [5.41, 5.74) is 2.59. The lowest BCUT2D eigenvalue weighted by Crippen LogP contribution is -2.01. The van der Waals surface area contributed by atoms with Gasteiger partial charge in [-0.3, -0.25) is 4.79 Å². The van der Waals surface area contributed by atoms with Gasteiger partial charge in [-0.25, -0.2) is 0 Å². The highest BCUT2D eigenvalue weighted by Gasteiger charge is 2.15. The van der Waals surface area contributed by atoms with Crippen LogP contribution < -0.4 is 0 Å². The van der Waals surface area contributed by atoms with Crippen molar-refractivity contribution in [3.05, 3.63) is 54.1 Å². The van der Waals surface area contributed by atoms with E-state index in [1.54, 1.807) is 11.3 Å². The van der Waals surface area contributed by atoms with Gasteiger partial charge < -0.3 is 0 Å². The summed E-state index contributed by atoms with van der Waals surface area (Å²) in [6.07, 6.45) is 0. The third-order valence-corrected chi connectivity index (χ3v) is 5.00. The largest absolute Gasteiger partial charge is 0.289 e. The summed E-state index contributed by atoms with van der Waals surface area (Å²) in [6, 6.07) is 7.57. The van der Waals surface area contributed by atoms with Crippen molar-refractivity contribution < 1.29 is 4.79 Å². The number of carbonyl (C=O) groups is 1. The Morgan fingerprint density at radius 3 is 2.41 bits per heavy atom. The maximum absolute atomic E-state index is 12.3. The molecule has 2 rings (SSSR count). The van der Waals surface area contributed by atoms with Gasteiger partial charge >= 0.3 is 0 Å². The summed E-state index contributed by atoms with van der Waals surface area (Å²) in [4.78, 5) is 13.4. The lowest BCUT2D eigenvalue weighted by molar-refractivity contribution is 0.103. The zero-order valence-electron chi connectivity index (χ0n) is 9.38. The van der Waals surface area contributed by atoms with Crippen molar-refractivity contribution in [2.45, 2.75) is 13.8 Å². The Bertz CT molecular complexity index is 587. The van der Waals surface area contributed by atoms with Crippen molar-refractivity contribution in [2.24, 2.45) is 0 Å². The molecule has 4 heteroatoms. The number of hydrogen-bond acceptors (Lipinski definition) is 2. The summed E-state index contributed by atoms with van der Waals surface area (Å²) < 4.78 is 2.02. The molecule has 0 saturated carbocycles. The average molecular weight is 374 g/mol. The summed E-state index contributed by atoms with van der Waals surface area (Å²) >= 11 is 8.43. The number of aryl methyl sites for hydroxylation is 2. The van der Waals surface area contributed by atoms with E-state index in [1.807, 2.05) is 38.1 Å². The van der Waals surface area contributed by atoms with Gasteiger partial charge in [-0.2, -0.15) is 0 Å². The molecule has 0 amide bonds. The molecule has 0 radical (unpaired) electrons. The van der Waals surface area contributed by atoms with E-state index in [-0.39, 0.29) is 5.78 Å². The minimum Gasteiger partial charge on any atom is -0.289 e. The Labute approximate surface area is 121 Å².